The Balaban J connectivity index is 2.72. The highest BCUT2D eigenvalue weighted by atomic mass is 19.3. The predicted molar refractivity (Wildman–Crippen MR) is 59.9 cm³/mol. The molecule has 1 aromatic rings. The van der Waals surface area contributed by atoms with Gasteiger partial charge >= 0.3 is 5.97 Å². The summed E-state index contributed by atoms with van der Waals surface area (Å²) in [7, 11) is 0. The van der Waals surface area contributed by atoms with Gasteiger partial charge in [0.2, 0.25) is 0 Å². The highest BCUT2D eigenvalue weighted by Crippen LogP contribution is 2.20. The normalized spacial score (nSPS) is 14.6. The molecule has 0 spiro atoms. The SMILES string of the molecule is CCC(C)(C(=O)O)n1nnnc1CCOCC(F)F. The van der Waals surface area contributed by atoms with Crippen molar-refractivity contribution in [3.63, 3.8) is 0 Å². The minimum absolute atomic E-state index is 0.00409. The molecule has 0 aliphatic heterocycles. The van der Waals surface area contributed by atoms with Crippen LogP contribution in [0.1, 0.15) is 26.1 Å². The molecule has 1 rings (SSSR count). The first-order valence-electron chi connectivity index (χ1n) is 5.78. The molecular weight excluding hydrogens is 262 g/mol. The second kappa shape index (κ2) is 6.50. The standard InChI is InChI=1S/C10H16F2N4O3/c1-3-10(2,9(17)18)16-8(13-14-15-16)4-5-19-6-7(11)12/h7H,3-6H2,1-2H3,(H,17,18). The lowest BCUT2D eigenvalue weighted by molar-refractivity contribution is -0.147. The largest absolute Gasteiger partial charge is 0.479 e. The first-order valence-corrected chi connectivity index (χ1v) is 5.78. The number of carboxylic acids is 1. The van der Waals surface area contributed by atoms with E-state index < -0.39 is 24.5 Å². The van der Waals surface area contributed by atoms with Crippen LogP contribution in [0.4, 0.5) is 8.78 Å². The second-order valence-electron chi connectivity index (χ2n) is 4.16. The molecule has 19 heavy (non-hydrogen) atoms. The van der Waals surface area contributed by atoms with Crippen LogP contribution < -0.4 is 0 Å². The summed E-state index contributed by atoms with van der Waals surface area (Å²) < 4.78 is 29.7. The molecule has 0 aliphatic carbocycles. The zero-order valence-corrected chi connectivity index (χ0v) is 10.7. The number of carboxylic acid groups (broad SMARTS) is 1. The Morgan fingerprint density at radius 2 is 2.26 bits per heavy atom. The minimum atomic E-state index is -2.53. The van der Waals surface area contributed by atoms with Gasteiger partial charge in [-0.2, -0.15) is 0 Å². The van der Waals surface area contributed by atoms with E-state index in [4.69, 9.17) is 4.74 Å². The zero-order valence-electron chi connectivity index (χ0n) is 10.7. The van der Waals surface area contributed by atoms with Crippen LogP contribution in [0, 0.1) is 0 Å². The number of ether oxygens (including phenoxy) is 1. The summed E-state index contributed by atoms with van der Waals surface area (Å²) >= 11 is 0. The van der Waals surface area contributed by atoms with Crippen molar-refractivity contribution in [2.75, 3.05) is 13.2 Å². The molecule has 0 aliphatic rings. The van der Waals surface area contributed by atoms with Crippen LogP contribution in [0.15, 0.2) is 0 Å². The molecular formula is C10H16F2N4O3. The van der Waals surface area contributed by atoms with Crippen LogP contribution in [0.5, 0.6) is 0 Å². The number of aromatic nitrogens is 4. The van der Waals surface area contributed by atoms with Crippen molar-refractivity contribution in [1.29, 1.82) is 0 Å². The number of alkyl halides is 2. The number of tetrazole rings is 1. The van der Waals surface area contributed by atoms with Crippen LogP contribution in [-0.2, 0) is 21.5 Å². The third kappa shape index (κ3) is 3.66. The molecule has 0 fully saturated rings. The van der Waals surface area contributed by atoms with Crippen molar-refractivity contribution < 1.29 is 23.4 Å². The maximum Gasteiger partial charge on any atom is 0.331 e. The van der Waals surface area contributed by atoms with Crippen LogP contribution >= 0.6 is 0 Å². The molecule has 0 saturated carbocycles. The van der Waals surface area contributed by atoms with Crippen molar-refractivity contribution in [3.05, 3.63) is 5.82 Å². The second-order valence-corrected chi connectivity index (χ2v) is 4.16. The number of halogens is 2. The molecule has 1 heterocycles. The molecule has 108 valence electrons. The monoisotopic (exact) mass is 278 g/mol. The number of rotatable bonds is 8. The number of nitrogens with zero attached hydrogens (tertiary/aromatic N) is 4. The lowest BCUT2D eigenvalue weighted by atomic mass is 9.99. The lowest BCUT2D eigenvalue weighted by Gasteiger charge is -2.23. The molecule has 1 aromatic heterocycles. The highest BCUT2D eigenvalue weighted by Gasteiger charge is 2.36. The number of carbonyl (C=O) groups is 1. The maximum atomic E-state index is 11.9. The summed E-state index contributed by atoms with van der Waals surface area (Å²) in [5.41, 5.74) is -1.26. The smallest absolute Gasteiger partial charge is 0.331 e. The number of hydrogen-bond donors (Lipinski definition) is 1. The van der Waals surface area contributed by atoms with Gasteiger partial charge < -0.3 is 9.84 Å². The Morgan fingerprint density at radius 3 is 2.79 bits per heavy atom. The quantitative estimate of drug-likeness (QED) is 0.704. The van der Waals surface area contributed by atoms with E-state index in [-0.39, 0.29) is 19.4 Å². The van der Waals surface area contributed by atoms with Gasteiger partial charge in [0, 0.05) is 6.42 Å². The van der Waals surface area contributed by atoms with Crippen molar-refractivity contribution in [2.45, 2.75) is 38.7 Å². The van der Waals surface area contributed by atoms with Gasteiger partial charge in [0.05, 0.1) is 6.61 Å². The molecule has 0 saturated heterocycles. The minimum Gasteiger partial charge on any atom is -0.479 e. The van der Waals surface area contributed by atoms with Gasteiger partial charge in [0.15, 0.2) is 11.4 Å². The Labute approximate surface area is 108 Å². The van der Waals surface area contributed by atoms with Crippen LogP contribution in [-0.4, -0.2) is 50.9 Å². The summed E-state index contributed by atoms with van der Waals surface area (Å²) in [6.07, 6.45) is -2.07. The zero-order chi connectivity index (χ0) is 14.5. The van der Waals surface area contributed by atoms with Gasteiger partial charge in [-0.05, 0) is 23.8 Å². The average molecular weight is 278 g/mol. The van der Waals surface area contributed by atoms with Gasteiger partial charge in [0.1, 0.15) is 6.61 Å². The molecule has 7 nitrogen and oxygen atoms in total. The molecule has 0 bridgehead atoms. The Bertz CT molecular complexity index is 427. The fourth-order valence-corrected chi connectivity index (χ4v) is 1.47. The molecule has 1 atom stereocenters. The van der Waals surface area contributed by atoms with Crippen LogP contribution in [0.2, 0.25) is 0 Å². The van der Waals surface area contributed by atoms with Gasteiger partial charge in [-0.1, -0.05) is 6.92 Å². The maximum absolute atomic E-state index is 11.9. The van der Waals surface area contributed by atoms with E-state index in [9.17, 15) is 18.7 Å². The van der Waals surface area contributed by atoms with Gasteiger partial charge in [-0.15, -0.1) is 5.10 Å². The molecule has 0 aromatic carbocycles. The topological polar surface area (TPSA) is 90.1 Å². The van der Waals surface area contributed by atoms with Crippen molar-refractivity contribution in [2.24, 2.45) is 0 Å². The van der Waals surface area contributed by atoms with Gasteiger partial charge in [-0.25, -0.2) is 18.3 Å². The fourth-order valence-electron chi connectivity index (χ4n) is 1.47. The van der Waals surface area contributed by atoms with Gasteiger partial charge in [-0.3, -0.25) is 0 Å². The summed E-state index contributed by atoms with van der Waals surface area (Å²) in [5, 5.41) is 20.0. The predicted octanol–water partition coefficient (Wildman–Crippen LogP) is 0.707. The van der Waals surface area contributed by atoms with Gasteiger partial charge in [0.25, 0.3) is 6.43 Å². The first kappa shape index (κ1) is 15.4. The third-order valence-corrected chi connectivity index (χ3v) is 2.86. The molecule has 1 N–H and O–H groups in total. The third-order valence-electron chi connectivity index (χ3n) is 2.86. The lowest BCUT2D eigenvalue weighted by Crippen LogP contribution is -2.40. The summed E-state index contributed by atoms with van der Waals surface area (Å²) in [4.78, 5) is 11.3. The number of aliphatic carboxylic acids is 1. The molecule has 9 heteroatoms. The van der Waals surface area contributed by atoms with Crippen molar-refractivity contribution in [3.8, 4) is 0 Å². The highest BCUT2D eigenvalue weighted by molar-refractivity contribution is 5.76. The van der Waals surface area contributed by atoms with E-state index in [2.05, 4.69) is 15.5 Å². The Kier molecular flexibility index (Phi) is 5.28. The molecule has 1 unspecified atom stereocenters. The van der Waals surface area contributed by atoms with E-state index in [0.717, 1.165) is 0 Å². The van der Waals surface area contributed by atoms with E-state index in [1.807, 2.05) is 0 Å². The Hall–Kier alpha value is -1.64. The Morgan fingerprint density at radius 1 is 1.58 bits per heavy atom. The van der Waals surface area contributed by atoms with E-state index in [1.165, 1.54) is 11.6 Å². The van der Waals surface area contributed by atoms with Crippen LogP contribution in [0.25, 0.3) is 0 Å². The van der Waals surface area contributed by atoms with Crippen molar-refractivity contribution >= 4 is 5.97 Å². The molecule has 0 radical (unpaired) electrons. The van der Waals surface area contributed by atoms with Crippen LogP contribution in [0.3, 0.4) is 0 Å². The summed E-state index contributed by atoms with van der Waals surface area (Å²) in [5.74, 6) is -0.766. The average Bonchev–Trinajstić information content (AvgIpc) is 2.82. The summed E-state index contributed by atoms with van der Waals surface area (Å²) in [6.45, 7) is 2.54. The summed E-state index contributed by atoms with van der Waals surface area (Å²) in [6, 6.07) is 0. The first-order chi connectivity index (χ1) is 8.91. The fraction of sp³-hybridized carbons (Fsp3) is 0.800. The molecule has 0 amide bonds. The number of hydrogen-bond acceptors (Lipinski definition) is 5. The van der Waals surface area contributed by atoms with E-state index >= 15 is 0 Å². The van der Waals surface area contributed by atoms with Crippen molar-refractivity contribution in [1.82, 2.24) is 20.2 Å². The van der Waals surface area contributed by atoms with E-state index in [0.29, 0.717) is 5.82 Å². The van der Waals surface area contributed by atoms with E-state index in [1.54, 1.807) is 6.92 Å².